The molecular formula is C13H22N2O2. The van der Waals surface area contributed by atoms with Crippen LogP contribution in [0.3, 0.4) is 0 Å². The summed E-state index contributed by atoms with van der Waals surface area (Å²) >= 11 is 0. The van der Waals surface area contributed by atoms with Crippen molar-refractivity contribution in [3.05, 3.63) is 0 Å². The second kappa shape index (κ2) is 4.31. The smallest absolute Gasteiger partial charge is 0.248 e. The molecule has 1 saturated carbocycles. The second-order valence-corrected chi connectivity index (χ2v) is 5.71. The van der Waals surface area contributed by atoms with Crippen molar-refractivity contribution in [1.82, 2.24) is 10.2 Å². The van der Waals surface area contributed by atoms with Crippen molar-refractivity contribution in [2.24, 2.45) is 5.92 Å². The summed E-state index contributed by atoms with van der Waals surface area (Å²) in [5, 5.41) is 2.87. The monoisotopic (exact) mass is 238 g/mol. The van der Waals surface area contributed by atoms with E-state index in [-0.39, 0.29) is 11.8 Å². The highest BCUT2D eigenvalue weighted by atomic mass is 16.2. The Morgan fingerprint density at radius 1 is 1.41 bits per heavy atom. The van der Waals surface area contributed by atoms with E-state index in [0.29, 0.717) is 31.3 Å². The van der Waals surface area contributed by atoms with Crippen molar-refractivity contribution < 1.29 is 9.59 Å². The number of hydrogen-bond donors (Lipinski definition) is 1. The Hall–Kier alpha value is -1.06. The van der Waals surface area contributed by atoms with Crippen molar-refractivity contribution in [3.63, 3.8) is 0 Å². The summed E-state index contributed by atoms with van der Waals surface area (Å²) in [4.78, 5) is 26.1. The number of rotatable bonds is 2. The molecule has 1 aliphatic heterocycles. The van der Waals surface area contributed by atoms with Crippen LogP contribution in [-0.4, -0.2) is 34.8 Å². The molecule has 0 radical (unpaired) electrons. The number of nitrogens with one attached hydrogen (secondary N) is 1. The quantitative estimate of drug-likeness (QED) is 0.788. The molecule has 1 heterocycles. The first-order valence-electron chi connectivity index (χ1n) is 6.58. The lowest BCUT2D eigenvalue weighted by Crippen LogP contribution is -2.58. The fourth-order valence-corrected chi connectivity index (χ4v) is 2.77. The van der Waals surface area contributed by atoms with Crippen molar-refractivity contribution in [3.8, 4) is 0 Å². The van der Waals surface area contributed by atoms with E-state index in [1.807, 2.05) is 18.7 Å². The molecule has 1 unspecified atom stereocenters. The second-order valence-electron chi connectivity index (χ2n) is 5.71. The minimum absolute atomic E-state index is 0.00225. The zero-order valence-corrected chi connectivity index (χ0v) is 11.0. The molecule has 0 spiro atoms. The molecule has 2 rings (SSSR count). The molecule has 4 nitrogen and oxygen atoms in total. The van der Waals surface area contributed by atoms with Gasteiger partial charge in [0.1, 0.15) is 5.54 Å². The zero-order chi connectivity index (χ0) is 12.6. The predicted octanol–water partition coefficient (Wildman–Crippen LogP) is 1.30. The van der Waals surface area contributed by atoms with Crippen LogP contribution in [0.25, 0.3) is 0 Å². The summed E-state index contributed by atoms with van der Waals surface area (Å²) in [6.07, 6.45) is 3.25. The molecule has 96 valence electrons. The third-order valence-corrected chi connectivity index (χ3v) is 4.22. The first kappa shape index (κ1) is 12.4. The van der Waals surface area contributed by atoms with Gasteiger partial charge in [0.25, 0.3) is 0 Å². The fraction of sp³-hybridized carbons (Fsp3) is 0.846. The van der Waals surface area contributed by atoms with E-state index in [1.165, 1.54) is 0 Å². The van der Waals surface area contributed by atoms with Gasteiger partial charge in [0.05, 0.1) is 0 Å². The number of amides is 2. The Morgan fingerprint density at radius 3 is 2.59 bits per heavy atom. The van der Waals surface area contributed by atoms with E-state index in [4.69, 9.17) is 0 Å². The summed E-state index contributed by atoms with van der Waals surface area (Å²) in [6, 6.07) is 0.357. The molecule has 4 heteroatoms. The molecule has 1 saturated heterocycles. The highest BCUT2D eigenvalue weighted by Gasteiger charge is 2.43. The molecule has 0 bridgehead atoms. The van der Waals surface area contributed by atoms with E-state index in [2.05, 4.69) is 12.2 Å². The molecule has 1 atom stereocenters. The van der Waals surface area contributed by atoms with Crippen LogP contribution in [-0.2, 0) is 9.59 Å². The van der Waals surface area contributed by atoms with Gasteiger partial charge < -0.3 is 10.2 Å². The van der Waals surface area contributed by atoms with Gasteiger partial charge in [0, 0.05) is 19.0 Å². The predicted molar refractivity (Wildman–Crippen MR) is 65.4 cm³/mol. The summed E-state index contributed by atoms with van der Waals surface area (Å²) < 4.78 is 0. The van der Waals surface area contributed by atoms with E-state index in [9.17, 15) is 9.59 Å². The Bertz CT molecular complexity index is 336. The largest absolute Gasteiger partial charge is 0.342 e. The highest BCUT2D eigenvalue weighted by molar-refractivity contribution is 5.93. The maximum Gasteiger partial charge on any atom is 0.248 e. The fourth-order valence-electron chi connectivity index (χ4n) is 2.77. The SMILES string of the molecule is CCC1(C)NC(=O)CCN(C2CC(C)C2)C1=O. The Kier molecular flexibility index (Phi) is 3.15. The average molecular weight is 238 g/mol. The van der Waals surface area contributed by atoms with Crippen LogP contribution in [0.4, 0.5) is 0 Å². The Morgan fingerprint density at radius 2 is 2.06 bits per heavy atom. The summed E-state index contributed by atoms with van der Waals surface area (Å²) in [5.41, 5.74) is -0.702. The number of carbonyl (C=O) groups is 2. The van der Waals surface area contributed by atoms with Gasteiger partial charge in [0.2, 0.25) is 11.8 Å². The minimum atomic E-state index is -0.702. The Labute approximate surface area is 103 Å². The van der Waals surface area contributed by atoms with Crippen molar-refractivity contribution >= 4 is 11.8 Å². The standard InChI is InChI=1S/C13H22N2O2/c1-4-13(3)12(17)15(6-5-11(16)14-13)10-7-9(2)8-10/h9-10H,4-8H2,1-3H3,(H,14,16). The van der Waals surface area contributed by atoms with E-state index in [0.717, 1.165) is 12.8 Å². The van der Waals surface area contributed by atoms with Crippen LogP contribution in [0.15, 0.2) is 0 Å². The van der Waals surface area contributed by atoms with Gasteiger partial charge in [-0.15, -0.1) is 0 Å². The molecule has 2 aliphatic rings. The molecule has 0 aromatic rings. The van der Waals surface area contributed by atoms with Gasteiger partial charge in [-0.1, -0.05) is 13.8 Å². The lowest BCUT2D eigenvalue weighted by molar-refractivity contribution is -0.142. The normalized spacial score (nSPS) is 38.4. The van der Waals surface area contributed by atoms with Crippen molar-refractivity contribution in [1.29, 1.82) is 0 Å². The van der Waals surface area contributed by atoms with Crippen LogP contribution in [0.5, 0.6) is 0 Å². The lowest BCUT2D eigenvalue weighted by Gasteiger charge is -2.43. The third-order valence-electron chi connectivity index (χ3n) is 4.22. The minimum Gasteiger partial charge on any atom is -0.342 e. The number of nitrogens with zero attached hydrogens (tertiary/aromatic N) is 1. The first-order valence-corrected chi connectivity index (χ1v) is 6.58. The van der Waals surface area contributed by atoms with Gasteiger partial charge in [-0.3, -0.25) is 9.59 Å². The molecule has 17 heavy (non-hydrogen) atoms. The molecule has 2 fully saturated rings. The third kappa shape index (κ3) is 2.17. The van der Waals surface area contributed by atoms with E-state index < -0.39 is 5.54 Å². The average Bonchev–Trinajstić information content (AvgIpc) is 2.35. The van der Waals surface area contributed by atoms with Crippen LogP contribution in [0.2, 0.25) is 0 Å². The molecule has 0 aromatic heterocycles. The Balaban J connectivity index is 2.16. The van der Waals surface area contributed by atoms with E-state index in [1.54, 1.807) is 0 Å². The van der Waals surface area contributed by atoms with Crippen LogP contribution < -0.4 is 5.32 Å². The van der Waals surface area contributed by atoms with Gasteiger partial charge in [0.15, 0.2) is 0 Å². The molecule has 1 aliphatic carbocycles. The summed E-state index contributed by atoms with van der Waals surface area (Å²) in [7, 11) is 0. The number of carbonyl (C=O) groups excluding carboxylic acids is 2. The maximum absolute atomic E-state index is 12.5. The van der Waals surface area contributed by atoms with Crippen LogP contribution in [0, 0.1) is 5.92 Å². The van der Waals surface area contributed by atoms with Crippen LogP contribution >= 0.6 is 0 Å². The van der Waals surface area contributed by atoms with Crippen LogP contribution in [0.1, 0.15) is 46.5 Å². The lowest BCUT2D eigenvalue weighted by atomic mass is 9.80. The molecule has 2 amide bonds. The zero-order valence-electron chi connectivity index (χ0n) is 11.0. The molecular weight excluding hydrogens is 216 g/mol. The highest BCUT2D eigenvalue weighted by Crippen LogP contribution is 2.33. The van der Waals surface area contributed by atoms with Crippen molar-refractivity contribution in [2.45, 2.75) is 58.0 Å². The van der Waals surface area contributed by atoms with Gasteiger partial charge in [-0.2, -0.15) is 0 Å². The van der Waals surface area contributed by atoms with Gasteiger partial charge in [-0.25, -0.2) is 0 Å². The number of hydrogen-bond acceptors (Lipinski definition) is 2. The van der Waals surface area contributed by atoms with Gasteiger partial charge >= 0.3 is 0 Å². The van der Waals surface area contributed by atoms with Gasteiger partial charge in [-0.05, 0) is 32.1 Å². The van der Waals surface area contributed by atoms with Crippen molar-refractivity contribution in [2.75, 3.05) is 6.54 Å². The molecule has 1 N–H and O–H groups in total. The maximum atomic E-state index is 12.5. The summed E-state index contributed by atoms with van der Waals surface area (Å²) in [6.45, 7) is 6.58. The summed E-state index contributed by atoms with van der Waals surface area (Å²) in [5.74, 6) is 0.813. The molecule has 0 aromatic carbocycles. The topological polar surface area (TPSA) is 49.4 Å². The first-order chi connectivity index (χ1) is 7.96. The van der Waals surface area contributed by atoms with E-state index >= 15 is 0 Å².